The molecule has 1 rings (SSSR count). The second-order valence-corrected chi connectivity index (χ2v) is 3.81. The van der Waals surface area contributed by atoms with Crippen LogP contribution in [0.4, 0.5) is 0 Å². The summed E-state index contributed by atoms with van der Waals surface area (Å²) in [6, 6.07) is 6.89. The van der Waals surface area contributed by atoms with Crippen LogP contribution in [0.3, 0.4) is 0 Å². The van der Waals surface area contributed by atoms with Gasteiger partial charge < -0.3 is 5.73 Å². The topological polar surface area (TPSA) is 26.0 Å². The SMILES string of the molecule is CCc1ccc(C)cc1CC(C)N. The molecule has 0 aliphatic heterocycles. The van der Waals surface area contributed by atoms with Crippen LogP contribution in [0.2, 0.25) is 0 Å². The minimum Gasteiger partial charge on any atom is -0.328 e. The van der Waals surface area contributed by atoms with Crippen molar-refractivity contribution in [1.82, 2.24) is 0 Å². The molecule has 0 aliphatic rings. The smallest absolute Gasteiger partial charge is 0.00510 e. The Bertz CT molecular complexity index is 276. The van der Waals surface area contributed by atoms with Crippen molar-refractivity contribution < 1.29 is 0 Å². The fourth-order valence-corrected chi connectivity index (χ4v) is 1.64. The van der Waals surface area contributed by atoms with Crippen LogP contribution >= 0.6 is 0 Å². The summed E-state index contributed by atoms with van der Waals surface area (Å²) in [5.41, 5.74) is 9.97. The van der Waals surface area contributed by atoms with Gasteiger partial charge in [-0.15, -0.1) is 0 Å². The quantitative estimate of drug-likeness (QED) is 0.754. The van der Waals surface area contributed by atoms with Crippen molar-refractivity contribution in [2.24, 2.45) is 5.73 Å². The van der Waals surface area contributed by atoms with E-state index in [1.54, 1.807) is 0 Å². The van der Waals surface area contributed by atoms with Crippen LogP contribution in [0, 0.1) is 6.92 Å². The molecule has 0 amide bonds. The van der Waals surface area contributed by atoms with Crippen molar-refractivity contribution in [3.8, 4) is 0 Å². The molecule has 72 valence electrons. The summed E-state index contributed by atoms with van der Waals surface area (Å²) in [7, 11) is 0. The molecule has 0 aromatic heterocycles. The summed E-state index contributed by atoms with van der Waals surface area (Å²) in [5, 5.41) is 0. The summed E-state index contributed by atoms with van der Waals surface area (Å²) in [5.74, 6) is 0. The molecule has 0 saturated carbocycles. The van der Waals surface area contributed by atoms with E-state index in [1.807, 2.05) is 0 Å². The van der Waals surface area contributed by atoms with Gasteiger partial charge in [-0.05, 0) is 37.8 Å². The van der Waals surface area contributed by atoms with Crippen molar-refractivity contribution >= 4 is 0 Å². The van der Waals surface area contributed by atoms with Crippen molar-refractivity contribution in [1.29, 1.82) is 0 Å². The Morgan fingerprint density at radius 2 is 2.00 bits per heavy atom. The molecule has 0 bridgehead atoms. The van der Waals surface area contributed by atoms with Gasteiger partial charge in [0, 0.05) is 6.04 Å². The molecule has 1 aromatic rings. The number of benzene rings is 1. The Balaban J connectivity index is 2.94. The van der Waals surface area contributed by atoms with Crippen LogP contribution in [0.15, 0.2) is 18.2 Å². The van der Waals surface area contributed by atoms with E-state index in [4.69, 9.17) is 5.73 Å². The fraction of sp³-hybridized carbons (Fsp3) is 0.500. The zero-order chi connectivity index (χ0) is 9.84. The van der Waals surface area contributed by atoms with Crippen molar-refractivity contribution in [2.75, 3.05) is 0 Å². The lowest BCUT2D eigenvalue weighted by Crippen LogP contribution is -2.18. The van der Waals surface area contributed by atoms with Crippen LogP contribution in [0.25, 0.3) is 0 Å². The zero-order valence-electron chi connectivity index (χ0n) is 8.80. The molecule has 0 heterocycles. The second-order valence-electron chi connectivity index (χ2n) is 3.81. The average Bonchev–Trinajstić information content (AvgIpc) is 2.03. The number of nitrogens with two attached hydrogens (primary N) is 1. The molecule has 0 fully saturated rings. The molecule has 1 heteroatoms. The Labute approximate surface area is 81.0 Å². The van der Waals surface area contributed by atoms with Gasteiger partial charge in [0.1, 0.15) is 0 Å². The summed E-state index contributed by atoms with van der Waals surface area (Å²) in [6.45, 7) is 6.38. The largest absolute Gasteiger partial charge is 0.328 e. The van der Waals surface area contributed by atoms with E-state index in [9.17, 15) is 0 Å². The van der Waals surface area contributed by atoms with Gasteiger partial charge in [0.05, 0.1) is 0 Å². The summed E-state index contributed by atoms with van der Waals surface area (Å²) >= 11 is 0. The number of rotatable bonds is 3. The predicted molar refractivity (Wildman–Crippen MR) is 57.9 cm³/mol. The van der Waals surface area contributed by atoms with Crippen molar-refractivity contribution in [2.45, 2.75) is 39.7 Å². The van der Waals surface area contributed by atoms with Crippen LogP contribution in [0.5, 0.6) is 0 Å². The molecule has 13 heavy (non-hydrogen) atoms. The maximum absolute atomic E-state index is 5.80. The van der Waals surface area contributed by atoms with E-state index in [0.29, 0.717) is 0 Å². The number of hydrogen-bond acceptors (Lipinski definition) is 1. The van der Waals surface area contributed by atoms with Gasteiger partial charge in [0.2, 0.25) is 0 Å². The number of hydrogen-bond donors (Lipinski definition) is 1. The molecule has 1 nitrogen and oxygen atoms in total. The van der Waals surface area contributed by atoms with Gasteiger partial charge in [0.25, 0.3) is 0 Å². The number of aryl methyl sites for hydroxylation is 2. The highest BCUT2D eigenvalue weighted by molar-refractivity contribution is 5.32. The predicted octanol–water partition coefficient (Wildman–Crippen LogP) is 2.45. The molecule has 0 radical (unpaired) electrons. The van der Waals surface area contributed by atoms with E-state index >= 15 is 0 Å². The highest BCUT2D eigenvalue weighted by atomic mass is 14.6. The maximum Gasteiger partial charge on any atom is 0.00510 e. The molecule has 1 aromatic carbocycles. The van der Waals surface area contributed by atoms with Crippen LogP contribution in [-0.4, -0.2) is 6.04 Å². The first kappa shape index (κ1) is 10.3. The minimum absolute atomic E-state index is 0.257. The van der Waals surface area contributed by atoms with Gasteiger partial charge in [0.15, 0.2) is 0 Å². The Morgan fingerprint density at radius 3 is 2.54 bits per heavy atom. The lowest BCUT2D eigenvalue weighted by atomic mass is 9.97. The first-order valence-corrected chi connectivity index (χ1v) is 4.97. The third-order valence-corrected chi connectivity index (χ3v) is 2.28. The zero-order valence-corrected chi connectivity index (χ0v) is 8.80. The van der Waals surface area contributed by atoms with Gasteiger partial charge >= 0.3 is 0 Å². The van der Waals surface area contributed by atoms with Crippen molar-refractivity contribution in [3.05, 3.63) is 34.9 Å². The standard InChI is InChI=1S/C12H19N/c1-4-11-6-5-9(2)7-12(11)8-10(3)13/h5-7,10H,4,8,13H2,1-3H3. The normalized spacial score (nSPS) is 12.9. The minimum atomic E-state index is 0.257. The Hall–Kier alpha value is -0.820. The molecule has 1 atom stereocenters. The van der Waals surface area contributed by atoms with Gasteiger partial charge in [-0.25, -0.2) is 0 Å². The van der Waals surface area contributed by atoms with Gasteiger partial charge in [-0.2, -0.15) is 0 Å². The molecular formula is C12H19N. The lowest BCUT2D eigenvalue weighted by molar-refractivity contribution is 0.731. The first-order chi connectivity index (χ1) is 6.13. The van der Waals surface area contributed by atoms with E-state index in [0.717, 1.165) is 12.8 Å². The van der Waals surface area contributed by atoms with Crippen LogP contribution < -0.4 is 5.73 Å². The molecule has 1 unspecified atom stereocenters. The lowest BCUT2D eigenvalue weighted by Gasteiger charge is -2.11. The van der Waals surface area contributed by atoms with Crippen LogP contribution in [0.1, 0.15) is 30.5 Å². The monoisotopic (exact) mass is 177 g/mol. The second kappa shape index (κ2) is 4.43. The highest BCUT2D eigenvalue weighted by Crippen LogP contribution is 2.13. The van der Waals surface area contributed by atoms with Gasteiger partial charge in [-0.1, -0.05) is 30.7 Å². The van der Waals surface area contributed by atoms with E-state index in [2.05, 4.69) is 39.0 Å². The average molecular weight is 177 g/mol. The maximum atomic E-state index is 5.80. The first-order valence-electron chi connectivity index (χ1n) is 4.97. The molecule has 0 saturated heterocycles. The third-order valence-electron chi connectivity index (χ3n) is 2.28. The summed E-state index contributed by atoms with van der Waals surface area (Å²) in [6.07, 6.45) is 2.09. The molecule has 0 aliphatic carbocycles. The molecular weight excluding hydrogens is 158 g/mol. The van der Waals surface area contributed by atoms with E-state index in [1.165, 1.54) is 16.7 Å². The highest BCUT2D eigenvalue weighted by Gasteiger charge is 2.03. The Kier molecular flexibility index (Phi) is 3.49. The summed E-state index contributed by atoms with van der Waals surface area (Å²) in [4.78, 5) is 0. The van der Waals surface area contributed by atoms with Crippen molar-refractivity contribution in [3.63, 3.8) is 0 Å². The summed E-state index contributed by atoms with van der Waals surface area (Å²) < 4.78 is 0. The van der Waals surface area contributed by atoms with Crippen LogP contribution in [-0.2, 0) is 12.8 Å². The van der Waals surface area contributed by atoms with E-state index < -0.39 is 0 Å². The van der Waals surface area contributed by atoms with Gasteiger partial charge in [-0.3, -0.25) is 0 Å². The molecule has 0 spiro atoms. The fourth-order valence-electron chi connectivity index (χ4n) is 1.64. The Morgan fingerprint density at radius 1 is 1.31 bits per heavy atom. The third kappa shape index (κ3) is 2.85. The van der Waals surface area contributed by atoms with E-state index in [-0.39, 0.29) is 6.04 Å². The molecule has 2 N–H and O–H groups in total.